The fourth-order valence-electron chi connectivity index (χ4n) is 1.59. The van der Waals surface area contributed by atoms with Crippen molar-refractivity contribution in [2.75, 3.05) is 5.73 Å². The highest BCUT2D eigenvalue weighted by Crippen LogP contribution is 2.31. The molecule has 0 heterocycles. The van der Waals surface area contributed by atoms with E-state index < -0.39 is 0 Å². The van der Waals surface area contributed by atoms with Gasteiger partial charge in [-0.1, -0.05) is 12.1 Å². The molecule has 0 saturated heterocycles. The molecular weight excluding hydrogens is 297 g/mol. The second-order valence-electron chi connectivity index (χ2n) is 4.02. The van der Waals surface area contributed by atoms with E-state index in [1.54, 1.807) is 12.1 Å². The number of hydrogen-bond acceptors (Lipinski definition) is 2. The Morgan fingerprint density at radius 1 is 1.28 bits per heavy atom. The second-order valence-corrected chi connectivity index (χ2v) is 4.81. The van der Waals surface area contributed by atoms with E-state index in [1.807, 2.05) is 19.1 Å². The Labute approximate surface area is 114 Å². The van der Waals surface area contributed by atoms with Crippen LogP contribution in [-0.4, -0.2) is 0 Å². The molecule has 0 aliphatic rings. The zero-order valence-corrected chi connectivity index (χ0v) is 11.5. The monoisotopic (exact) mass is 309 g/mol. The van der Waals surface area contributed by atoms with E-state index in [1.165, 1.54) is 12.1 Å². The van der Waals surface area contributed by atoms with Gasteiger partial charge in [-0.3, -0.25) is 0 Å². The van der Waals surface area contributed by atoms with Gasteiger partial charge in [0.2, 0.25) is 0 Å². The quantitative estimate of drug-likeness (QED) is 0.868. The first kappa shape index (κ1) is 12.9. The first-order valence-electron chi connectivity index (χ1n) is 5.50. The van der Waals surface area contributed by atoms with Gasteiger partial charge in [0.25, 0.3) is 0 Å². The number of ether oxygens (including phenoxy) is 1. The molecule has 2 N–H and O–H groups in total. The van der Waals surface area contributed by atoms with Crippen molar-refractivity contribution in [2.45, 2.75) is 13.5 Å². The number of benzene rings is 2. The molecule has 0 fully saturated rings. The highest BCUT2D eigenvalue weighted by Gasteiger charge is 2.06. The molecule has 0 saturated carbocycles. The second kappa shape index (κ2) is 5.40. The van der Waals surface area contributed by atoms with Crippen LogP contribution in [0.15, 0.2) is 40.9 Å². The van der Waals surface area contributed by atoms with Gasteiger partial charge in [-0.2, -0.15) is 0 Å². The van der Waals surface area contributed by atoms with Crippen molar-refractivity contribution in [3.63, 3.8) is 0 Å². The largest absolute Gasteiger partial charge is 0.488 e. The van der Waals surface area contributed by atoms with E-state index in [-0.39, 0.29) is 5.82 Å². The van der Waals surface area contributed by atoms with E-state index in [4.69, 9.17) is 10.5 Å². The van der Waals surface area contributed by atoms with Crippen molar-refractivity contribution in [3.8, 4) is 5.75 Å². The van der Waals surface area contributed by atoms with Crippen molar-refractivity contribution in [3.05, 3.63) is 57.8 Å². The number of aryl methyl sites for hydroxylation is 1. The van der Waals surface area contributed by atoms with Gasteiger partial charge in [-0.05, 0) is 58.2 Å². The van der Waals surface area contributed by atoms with Crippen LogP contribution < -0.4 is 10.5 Å². The Hall–Kier alpha value is -1.55. The third kappa shape index (κ3) is 2.82. The molecule has 0 aliphatic carbocycles. The van der Waals surface area contributed by atoms with Gasteiger partial charge in [0, 0.05) is 5.69 Å². The summed E-state index contributed by atoms with van der Waals surface area (Å²) in [5.74, 6) is 0.393. The predicted molar refractivity (Wildman–Crippen MR) is 74.0 cm³/mol. The highest BCUT2D eigenvalue weighted by atomic mass is 79.9. The average molecular weight is 310 g/mol. The van der Waals surface area contributed by atoms with Crippen molar-refractivity contribution in [1.29, 1.82) is 0 Å². The van der Waals surface area contributed by atoms with E-state index in [0.29, 0.717) is 18.0 Å². The van der Waals surface area contributed by atoms with E-state index in [2.05, 4.69) is 15.9 Å². The maximum absolute atomic E-state index is 13.1. The summed E-state index contributed by atoms with van der Waals surface area (Å²) in [5, 5.41) is 0. The molecular formula is C14H13BrFNO. The van der Waals surface area contributed by atoms with Crippen LogP contribution in [0.1, 0.15) is 11.1 Å². The van der Waals surface area contributed by atoms with Crippen LogP contribution in [0.2, 0.25) is 0 Å². The number of hydrogen-bond donors (Lipinski definition) is 1. The molecule has 0 unspecified atom stereocenters. The summed E-state index contributed by atoms with van der Waals surface area (Å²) in [4.78, 5) is 0. The molecule has 0 aliphatic heterocycles. The number of rotatable bonds is 3. The van der Waals surface area contributed by atoms with Crippen LogP contribution in [0.4, 0.5) is 10.1 Å². The van der Waals surface area contributed by atoms with Crippen LogP contribution in [-0.2, 0) is 6.61 Å². The van der Waals surface area contributed by atoms with Crippen LogP contribution in [0.25, 0.3) is 0 Å². The Morgan fingerprint density at radius 2 is 2.06 bits per heavy atom. The SMILES string of the molecule is Cc1ccc(F)cc1COc1cccc(N)c1Br. The minimum Gasteiger partial charge on any atom is -0.488 e. The molecule has 2 rings (SSSR count). The number of anilines is 1. The molecule has 0 atom stereocenters. The molecule has 0 aromatic heterocycles. The maximum atomic E-state index is 13.1. The fraction of sp³-hybridized carbons (Fsp3) is 0.143. The van der Waals surface area contributed by atoms with Crippen LogP contribution in [0.5, 0.6) is 5.75 Å². The Balaban J connectivity index is 2.16. The summed E-state index contributed by atoms with van der Waals surface area (Å²) in [6, 6.07) is 10.1. The molecule has 2 aromatic rings. The Morgan fingerprint density at radius 3 is 2.83 bits per heavy atom. The lowest BCUT2D eigenvalue weighted by molar-refractivity contribution is 0.303. The average Bonchev–Trinajstić information content (AvgIpc) is 2.35. The first-order valence-corrected chi connectivity index (χ1v) is 6.29. The highest BCUT2D eigenvalue weighted by molar-refractivity contribution is 9.10. The number of halogens is 2. The minimum atomic E-state index is -0.258. The fourth-order valence-corrected chi connectivity index (χ4v) is 1.97. The van der Waals surface area contributed by atoms with Gasteiger partial charge >= 0.3 is 0 Å². The lowest BCUT2D eigenvalue weighted by atomic mass is 10.1. The molecule has 0 bridgehead atoms. The zero-order valence-electron chi connectivity index (χ0n) is 9.91. The molecule has 94 valence electrons. The van der Waals surface area contributed by atoms with E-state index in [9.17, 15) is 4.39 Å². The molecule has 2 aromatic carbocycles. The van der Waals surface area contributed by atoms with Crippen LogP contribution in [0, 0.1) is 12.7 Å². The van der Waals surface area contributed by atoms with Crippen LogP contribution >= 0.6 is 15.9 Å². The van der Waals surface area contributed by atoms with Gasteiger partial charge in [0.05, 0.1) is 4.47 Å². The number of nitrogens with two attached hydrogens (primary N) is 1. The smallest absolute Gasteiger partial charge is 0.136 e. The van der Waals surface area contributed by atoms with Crippen LogP contribution in [0.3, 0.4) is 0 Å². The van der Waals surface area contributed by atoms with E-state index >= 15 is 0 Å². The van der Waals surface area contributed by atoms with Gasteiger partial charge < -0.3 is 10.5 Å². The van der Waals surface area contributed by atoms with Gasteiger partial charge in [-0.15, -0.1) is 0 Å². The minimum absolute atomic E-state index is 0.258. The van der Waals surface area contributed by atoms with Crippen molar-refractivity contribution < 1.29 is 9.13 Å². The zero-order chi connectivity index (χ0) is 13.1. The molecule has 4 heteroatoms. The normalized spacial score (nSPS) is 10.4. The van der Waals surface area contributed by atoms with Crippen molar-refractivity contribution in [1.82, 2.24) is 0 Å². The third-order valence-corrected chi connectivity index (χ3v) is 3.54. The molecule has 0 spiro atoms. The van der Waals surface area contributed by atoms with Gasteiger partial charge in [-0.25, -0.2) is 4.39 Å². The first-order chi connectivity index (χ1) is 8.58. The van der Waals surface area contributed by atoms with Crippen molar-refractivity contribution in [2.24, 2.45) is 0 Å². The molecule has 0 radical (unpaired) electrons. The molecule has 18 heavy (non-hydrogen) atoms. The molecule has 2 nitrogen and oxygen atoms in total. The molecule has 0 amide bonds. The predicted octanol–water partition coefficient (Wildman–Crippen LogP) is 4.06. The topological polar surface area (TPSA) is 35.2 Å². The standard InChI is InChI=1S/C14H13BrFNO/c1-9-5-6-11(16)7-10(9)8-18-13-4-2-3-12(17)14(13)15/h2-7H,8,17H2,1H3. The van der Waals surface area contributed by atoms with Crippen molar-refractivity contribution >= 4 is 21.6 Å². The summed E-state index contributed by atoms with van der Waals surface area (Å²) in [6.45, 7) is 2.23. The lowest BCUT2D eigenvalue weighted by Gasteiger charge is -2.11. The van der Waals surface area contributed by atoms with E-state index in [0.717, 1.165) is 15.6 Å². The maximum Gasteiger partial charge on any atom is 0.136 e. The Kier molecular flexibility index (Phi) is 3.87. The number of nitrogen functional groups attached to an aromatic ring is 1. The summed E-state index contributed by atoms with van der Waals surface area (Å²) in [6.07, 6.45) is 0. The summed E-state index contributed by atoms with van der Waals surface area (Å²) >= 11 is 3.36. The summed E-state index contributed by atoms with van der Waals surface area (Å²) < 4.78 is 19.5. The summed E-state index contributed by atoms with van der Waals surface area (Å²) in [7, 11) is 0. The Bertz CT molecular complexity index is 570. The van der Waals surface area contributed by atoms with Gasteiger partial charge in [0.1, 0.15) is 18.2 Å². The third-order valence-electron chi connectivity index (χ3n) is 2.69. The van der Waals surface area contributed by atoms with Gasteiger partial charge in [0.15, 0.2) is 0 Å². The summed E-state index contributed by atoms with van der Waals surface area (Å²) in [5.41, 5.74) is 8.19. The lowest BCUT2D eigenvalue weighted by Crippen LogP contribution is -2.00.